The van der Waals surface area contributed by atoms with Gasteiger partial charge in [0.1, 0.15) is 0 Å². The fraction of sp³-hybridized carbons (Fsp3) is 0.286. The van der Waals surface area contributed by atoms with Crippen LogP contribution < -0.4 is 5.32 Å². The predicted molar refractivity (Wildman–Crippen MR) is 129 cm³/mol. The largest absolute Gasteiger partial charge is 0.322 e. The maximum absolute atomic E-state index is 12.6. The summed E-state index contributed by atoms with van der Waals surface area (Å²) in [6, 6.07) is 25.6. The van der Waals surface area contributed by atoms with Crippen molar-refractivity contribution in [2.45, 2.75) is 32.7 Å². The molecule has 0 aromatic heterocycles. The van der Waals surface area contributed by atoms with E-state index in [1.807, 2.05) is 24.3 Å². The van der Waals surface area contributed by atoms with E-state index in [1.165, 1.54) is 37.3 Å². The highest BCUT2D eigenvalue weighted by atomic mass is 16.1. The minimum absolute atomic E-state index is 0.0189. The second-order valence-electron chi connectivity index (χ2n) is 8.70. The van der Waals surface area contributed by atoms with E-state index >= 15 is 0 Å². The van der Waals surface area contributed by atoms with Crippen molar-refractivity contribution in [2.75, 3.05) is 18.4 Å². The second kappa shape index (κ2) is 10.4. The molecule has 164 valence electrons. The van der Waals surface area contributed by atoms with Crippen LogP contribution in [0.3, 0.4) is 0 Å². The number of nitrogens with one attached hydrogen (secondary N) is 1. The number of rotatable bonds is 7. The van der Waals surface area contributed by atoms with Crippen molar-refractivity contribution in [3.8, 4) is 0 Å². The Labute approximate surface area is 190 Å². The van der Waals surface area contributed by atoms with Crippen LogP contribution in [-0.2, 0) is 13.0 Å². The van der Waals surface area contributed by atoms with Crippen LogP contribution >= 0.6 is 0 Å². The second-order valence-corrected chi connectivity index (χ2v) is 8.70. The van der Waals surface area contributed by atoms with Gasteiger partial charge in [0.05, 0.1) is 0 Å². The molecule has 0 radical (unpaired) electrons. The number of piperidine rings is 1. The maximum atomic E-state index is 12.6. The van der Waals surface area contributed by atoms with Crippen LogP contribution in [0.4, 0.5) is 5.69 Å². The van der Waals surface area contributed by atoms with Crippen LogP contribution in [0.15, 0.2) is 78.9 Å². The highest BCUT2D eigenvalue weighted by Crippen LogP contribution is 2.23. The Bertz CT molecular complexity index is 1050. The van der Waals surface area contributed by atoms with E-state index in [0.29, 0.717) is 16.8 Å². The molecule has 3 aromatic rings. The van der Waals surface area contributed by atoms with E-state index in [0.717, 1.165) is 25.6 Å². The number of hydrogen-bond acceptors (Lipinski definition) is 3. The molecule has 1 saturated heterocycles. The van der Waals surface area contributed by atoms with Gasteiger partial charge < -0.3 is 5.32 Å². The van der Waals surface area contributed by atoms with Gasteiger partial charge in [-0.1, -0.05) is 54.6 Å². The van der Waals surface area contributed by atoms with Crippen molar-refractivity contribution in [3.63, 3.8) is 0 Å². The van der Waals surface area contributed by atoms with Gasteiger partial charge in [-0.25, -0.2) is 0 Å². The highest BCUT2D eigenvalue weighted by Gasteiger charge is 2.19. The van der Waals surface area contributed by atoms with Crippen LogP contribution in [0, 0.1) is 5.92 Å². The minimum Gasteiger partial charge on any atom is -0.322 e. The monoisotopic (exact) mass is 426 g/mol. The minimum atomic E-state index is -0.168. The third kappa shape index (κ3) is 5.92. The Morgan fingerprint density at radius 3 is 2.25 bits per heavy atom. The van der Waals surface area contributed by atoms with Crippen LogP contribution in [0.5, 0.6) is 0 Å². The average Bonchev–Trinajstić information content (AvgIpc) is 2.82. The van der Waals surface area contributed by atoms with E-state index in [9.17, 15) is 9.59 Å². The van der Waals surface area contributed by atoms with Gasteiger partial charge in [0.25, 0.3) is 5.91 Å². The zero-order valence-electron chi connectivity index (χ0n) is 18.6. The standard InChI is InChI=1S/C28H30N2O2/c1-21(31)26-8-5-9-27(19-26)29-28(32)25-12-10-24(11-13-25)20-30-16-14-23(15-17-30)18-22-6-3-2-4-7-22/h2-13,19,23H,14-18,20H2,1H3,(H,29,32). The average molecular weight is 427 g/mol. The van der Waals surface area contributed by atoms with E-state index in [2.05, 4.69) is 40.5 Å². The molecule has 4 rings (SSSR count). The number of carbonyl (C=O) groups is 2. The Morgan fingerprint density at radius 2 is 1.56 bits per heavy atom. The van der Waals surface area contributed by atoms with Crippen LogP contribution in [0.25, 0.3) is 0 Å². The topological polar surface area (TPSA) is 49.4 Å². The fourth-order valence-corrected chi connectivity index (χ4v) is 4.34. The normalized spacial score (nSPS) is 14.8. The summed E-state index contributed by atoms with van der Waals surface area (Å²) < 4.78 is 0. The number of hydrogen-bond donors (Lipinski definition) is 1. The van der Waals surface area contributed by atoms with Gasteiger partial charge in [-0.2, -0.15) is 0 Å². The number of Topliss-reactive ketones (excluding diaryl/α,β-unsaturated/α-hetero) is 1. The number of nitrogens with zero attached hydrogens (tertiary/aromatic N) is 1. The molecule has 1 fully saturated rings. The van der Waals surface area contributed by atoms with Gasteiger partial charge in [0, 0.05) is 23.4 Å². The van der Waals surface area contributed by atoms with Crippen molar-refractivity contribution < 1.29 is 9.59 Å². The zero-order chi connectivity index (χ0) is 22.3. The summed E-state index contributed by atoms with van der Waals surface area (Å²) >= 11 is 0. The van der Waals surface area contributed by atoms with Crippen molar-refractivity contribution >= 4 is 17.4 Å². The molecule has 0 unspecified atom stereocenters. The lowest BCUT2D eigenvalue weighted by Gasteiger charge is -2.32. The molecule has 0 bridgehead atoms. The predicted octanol–water partition coefficient (Wildman–Crippen LogP) is 5.60. The van der Waals surface area contributed by atoms with Crippen LogP contribution in [-0.4, -0.2) is 29.7 Å². The molecule has 1 N–H and O–H groups in total. The number of likely N-dealkylation sites (tertiary alicyclic amines) is 1. The summed E-state index contributed by atoms with van der Waals surface area (Å²) in [7, 11) is 0. The SMILES string of the molecule is CC(=O)c1cccc(NC(=O)c2ccc(CN3CCC(Cc4ccccc4)CC3)cc2)c1. The lowest BCUT2D eigenvalue weighted by atomic mass is 9.90. The zero-order valence-corrected chi connectivity index (χ0v) is 18.6. The number of anilines is 1. The van der Waals surface area contributed by atoms with E-state index in [1.54, 1.807) is 24.3 Å². The number of ketones is 1. The van der Waals surface area contributed by atoms with Crippen molar-refractivity contribution in [1.29, 1.82) is 0 Å². The van der Waals surface area contributed by atoms with Gasteiger partial charge in [-0.3, -0.25) is 14.5 Å². The first kappa shape index (κ1) is 22.0. The summed E-state index contributed by atoms with van der Waals surface area (Å²) in [5.74, 6) is 0.578. The smallest absolute Gasteiger partial charge is 0.255 e. The molecule has 1 amide bonds. The Morgan fingerprint density at radius 1 is 0.844 bits per heavy atom. The molecular weight excluding hydrogens is 396 g/mol. The van der Waals surface area contributed by atoms with Crippen LogP contribution in [0.2, 0.25) is 0 Å². The van der Waals surface area contributed by atoms with Gasteiger partial charge in [-0.15, -0.1) is 0 Å². The molecule has 32 heavy (non-hydrogen) atoms. The molecule has 0 spiro atoms. The molecular formula is C28H30N2O2. The van der Waals surface area contributed by atoms with Gasteiger partial charge in [-0.05, 0) is 80.6 Å². The first-order chi connectivity index (χ1) is 15.6. The van der Waals surface area contributed by atoms with Crippen molar-refractivity contribution in [3.05, 3.63) is 101 Å². The van der Waals surface area contributed by atoms with Crippen LogP contribution in [0.1, 0.15) is 51.6 Å². The first-order valence-electron chi connectivity index (χ1n) is 11.3. The first-order valence-corrected chi connectivity index (χ1v) is 11.3. The molecule has 0 atom stereocenters. The summed E-state index contributed by atoms with van der Waals surface area (Å²) in [4.78, 5) is 26.6. The lowest BCUT2D eigenvalue weighted by molar-refractivity contribution is 0.101. The third-order valence-corrected chi connectivity index (χ3v) is 6.22. The lowest BCUT2D eigenvalue weighted by Crippen LogP contribution is -2.33. The number of benzene rings is 3. The van der Waals surface area contributed by atoms with E-state index in [4.69, 9.17) is 0 Å². The molecule has 1 heterocycles. The molecule has 0 saturated carbocycles. The van der Waals surface area contributed by atoms with Gasteiger partial charge >= 0.3 is 0 Å². The summed E-state index contributed by atoms with van der Waals surface area (Å²) in [5.41, 5.74) is 4.49. The van der Waals surface area contributed by atoms with Crippen molar-refractivity contribution in [1.82, 2.24) is 4.90 Å². The number of carbonyl (C=O) groups excluding carboxylic acids is 2. The highest BCUT2D eigenvalue weighted by molar-refractivity contribution is 6.05. The quantitative estimate of drug-likeness (QED) is 0.501. The summed E-state index contributed by atoms with van der Waals surface area (Å²) in [6.07, 6.45) is 3.64. The Kier molecular flexibility index (Phi) is 7.13. The van der Waals surface area contributed by atoms with E-state index < -0.39 is 0 Å². The molecule has 1 aliphatic heterocycles. The summed E-state index contributed by atoms with van der Waals surface area (Å²) in [5, 5.41) is 2.88. The third-order valence-electron chi connectivity index (χ3n) is 6.22. The molecule has 4 heteroatoms. The molecule has 4 nitrogen and oxygen atoms in total. The Hall–Kier alpha value is -3.24. The molecule has 1 aliphatic rings. The number of amides is 1. The van der Waals surface area contributed by atoms with E-state index in [-0.39, 0.29) is 11.7 Å². The fourth-order valence-electron chi connectivity index (χ4n) is 4.34. The van der Waals surface area contributed by atoms with Gasteiger partial charge in [0.15, 0.2) is 5.78 Å². The van der Waals surface area contributed by atoms with Gasteiger partial charge in [0.2, 0.25) is 0 Å². The van der Waals surface area contributed by atoms with Crippen molar-refractivity contribution in [2.24, 2.45) is 5.92 Å². The molecule has 3 aromatic carbocycles. The maximum Gasteiger partial charge on any atom is 0.255 e. The molecule has 0 aliphatic carbocycles. The Balaban J connectivity index is 1.27. The summed E-state index contributed by atoms with van der Waals surface area (Å²) in [6.45, 7) is 4.67.